The molecule has 7 nitrogen and oxygen atoms in total. The molecule has 1 amide bonds. The van der Waals surface area contributed by atoms with Gasteiger partial charge in [-0.15, -0.1) is 0 Å². The molecular formula is C21H32BrN3O4S. The van der Waals surface area contributed by atoms with Gasteiger partial charge in [-0.05, 0) is 59.8 Å². The lowest BCUT2D eigenvalue weighted by Gasteiger charge is -2.42. The normalized spacial score (nSPS) is 21.0. The van der Waals surface area contributed by atoms with E-state index in [1.807, 2.05) is 24.0 Å². The van der Waals surface area contributed by atoms with Crippen molar-refractivity contribution in [2.24, 2.45) is 5.92 Å². The van der Waals surface area contributed by atoms with Gasteiger partial charge in [0.2, 0.25) is 15.9 Å². The molecule has 2 heterocycles. The summed E-state index contributed by atoms with van der Waals surface area (Å²) in [5.74, 6) is 0.419. The second-order valence-corrected chi connectivity index (χ2v) is 11.4. The van der Waals surface area contributed by atoms with E-state index in [0.29, 0.717) is 30.0 Å². The topological polar surface area (TPSA) is 81.2 Å². The number of carbonyl (C=O) groups is 1. The molecule has 1 aromatic carbocycles. The molecule has 2 fully saturated rings. The molecule has 9 heteroatoms. The van der Waals surface area contributed by atoms with Crippen molar-refractivity contribution in [1.82, 2.24) is 14.1 Å². The zero-order valence-electron chi connectivity index (χ0n) is 17.8. The van der Waals surface area contributed by atoms with E-state index in [0.717, 1.165) is 44.6 Å². The number of piperidine rings is 1. The third-order valence-corrected chi connectivity index (χ3v) is 8.82. The lowest BCUT2D eigenvalue weighted by Crippen LogP contribution is -2.55. The zero-order chi connectivity index (χ0) is 21.9. The van der Waals surface area contributed by atoms with Gasteiger partial charge in [-0.2, -0.15) is 0 Å². The van der Waals surface area contributed by atoms with Gasteiger partial charge in [0.1, 0.15) is 5.75 Å². The number of carbonyl (C=O) groups excluding carboxylic acids is 1. The van der Waals surface area contributed by atoms with Crippen LogP contribution in [-0.2, 0) is 21.2 Å². The molecule has 2 aliphatic heterocycles. The van der Waals surface area contributed by atoms with Crippen LogP contribution in [0.1, 0.15) is 32.3 Å². The molecule has 30 heavy (non-hydrogen) atoms. The number of phenols is 1. The Labute approximate surface area is 188 Å². The van der Waals surface area contributed by atoms with Crippen LogP contribution in [0.3, 0.4) is 0 Å². The molecule has 0 unspecified atom stereocenters. The maximum atomic E-state index is 12.9. The molecule has 2 saturated heterocycles. The van der Waals surface area contributed by atoms with Crippen molar-refractivity contribution in [3.63, 3.8) is 0 Å². The van der Waals surface area contributed by atoms with E-state index >= 15 is 0 Å². The van der Waals surface area contributed by atoms with E-state index in [-0.39, 0.29) is 23.3 Å². The van der Waals surface area contributed by atoms with Crippen LogP contribution in [-0.4, -0.2) is 84.6 Å². The number of amides is 1. The number of piperazine rings is 1. The van der Waals surface area contributed by atoms with E-state index in [9.17, 15) is 18.3 Å². The molecule has 2 aliphatic rings. The second-order valence-electron chi connectivity index (χ2n) is 8.28. The highest BCUT2D eigenvalue weighted by atomic mass is 79.9. The number of rotatable bonds is 6. The van der Waals surface area contributed by atoms with Crippen molar-refractivity contribution in [3.8, 4) is 5.75 Å². The van der Waals surface area contributed by atoms with E-state index in [1.54, 1.807) is 17.3 Å². The van der Waals surface area contributed by atoms with Crippen LogP contribution in [0.5, 0.6) is 5.75 Å². The second kappa shape index (κ2) is 9.97. The molecule has 3 rings (SSSR count). The molecule has 0 saturated carbocycles. The molecule has 0 aromatic heterocycles. The van der Waals surface area contributed by atoms with Crippen molar-refractivity contribution >= 4 is 31.9 Å². The number of phenolic OH excluding ortho intramolecular Hbond substituents is 1. The van der Waals surface area contributed by atoms with Gasteiger partial charge >= 0.3 is 0 Å². The smallest absolute Gasteiger partial charge is 0.225 e. The Morgan fingerprint density at radius 3 is 2.37 bits per heavy atom. The van der Waals surface area contributed by atoms with Gasteiger partial charge in [-0.3, -0.25) is 9.69 Å². The summed E-state index contributed by atoms with van der Waals surface area (Å²) in [5, 5.41) is 9.63. The summed E-state index contributed by atoms with van der Waals surface area (Å²) in [6.07, 6.45) is 2.36. The van der Waals surface area contributed by atoms with Crippen LogP contribution in [0.4, 0.5) is 0 Å². The van der Waals surface area contributed by atoms with Crippen LogP contribution in [0.2, 0.25) is 0 Å². The van der Waals surface area contributed by atoms with Gasteiger partial charge in [0.15, 0.2) is 0 Å². The maximum Gasteiger partial charge on any atom is 0.225 e. The van der Waals surface area contributed by atoms with Crippen molar-refractivity contribution < 1.29 is 18.3 Å². The Bertz CT molecular complexity index is 848. The Kier molecular flexibility index (Phi) is 7.81. The monoisotopic (exact) mass is 501 g/mol. The summed E-state index contributed by atoms with van der Waals surface area (Å²) < 4.78 is 26.3. The predicted octanol–water partition coefficient (Wildman–Crippen LogP) is 2.29. The minimum Gasteiger partial charge on any atom is -0.507 e. The molecular weight excluding hydrogens is 470 g/mol. The zero-order valence-corrected chi connectivity index (χ0v) is 20.2. The highest BCUT2D eigenvalue weighted by molar-refractivity contribution is 9.10. The Balaban J connectivity index is 1.47. The molecule has 0 spiro atoms. The van der Waals surface area contributed by atoms with Gasteiger partial charge in [-0.1, -0.05) is 13.0 Å². The molecule has 1 aromatic rings. The highest BCUT2D eigenvalue weighted by Gasteiger charge is 2.32. The van der Waals surface area contributed by atoms with E-state index < -0.39 is 10.0 Å². The summed E-state index contributed by atoms with van der Waals surface area (Å²) in [6.45, 7) is 7.96. The van der Waals surface area contributed by atoms with Crippen LogP contribution in [0.25, 0.3) is 0 Å². The molecule has 168 valence electrons. The predicted molar refractivity (Wildman–Crippen MR) is 121 cm³/mol. The fraction of sp³-hybridized carbons (Fsp3) is 0.667. The fourth-order valence-electron chi connectivity index (χ4n) is 4.41. The summed E-state index contributed by atoms with van der Waals surface area (Å²) in [4.78, 5) is 17.3. The third-order valence-electron chi connectivity index (χ3n) is 6.30. The number of hydrogen-bond acceptors (Lipinski definition) is 5. The van der Waals surface area contributed by atoms with Gasteiger partial charge in [0.25, 0.3) is 0 Å². The summed E-state index contributed by atoms with van der Waals surface area (Å²) >= 11 is 3.33. The Morgan fingerprint density at radius 1 is 1.17 bits per heavy atom. The maximum absolute atomic E-state index is 12.9. The minimum atomic E-state index is -3.09. The number of benzene rings is 1. The number of hydrogen-bond donors (Lipinski definition) is 1. The molecule has 1 N–H and O–H groups in total. The lowest BCUT2D eigenvalue weighted by molar-refractivity contribution is -0.137. The first-order chi connectivity index (χ1) is 14.2. The number of nitrogens with zero attached hydrogens (tertiary/aromatic N) is 3. The Morgan fingerprint density at radius 2 is 1.80 bits per heavy atom. The third kappa shape index (κ3) is 5.55. The first-order valence-corrected chi connectivity index (χ1v) is 13.1. The molecule has 0 radical (unpaired) electrons. The van der Waals surface area contributed by atoms with Gasteiger partial charge in [0, 0.05) is 51.2 Å². The van der Waals surface area contributed by atoms with Crippen molar-refractivity contribution in [3.05, 3.63) is 28.2 Å². The van der Waals surface area contributed by atoms with Crippen LogP contribution in [0.15, 0.2) is 22.7 Å². The highest BCUT2D eigenvalue weighted by Crippen LogP contribution is 2.26. The van der Waals surface area contributed by atoms with Gasteiger partial charge in [0.05, 0.1) is 10.2 Å². The summed E-state index contributed by atoms with van der Waals surface area (Å²) in [5.41, 5.74) is 1.02. The van der Waals surface area contributed by atoms with Crippen molar-refractivity contribution in [1.29, 1.82) is 0 Å². The van der Waals surface area contributed by atoms with Crippen LogP contribution < -0.4 is 0 Å². The lowest BCUT2D eigenvalue weighted by atomic mass is 9.99. The summed E-state index contributed by atoms with van der Waals surface area (Å²) in [7, 11) is -3.09. The van der Waals surface area contributed by atoms with E-state index in [1.165, 1.54) is 0 Å². The molecule has 0 bridgehead atoms. The fourth-order valence-corrected chi connectivity index (χ4v) is 5.96. The van der Waals surface area contributed by atoms with Gasteiger partial charge in [-0.25, -0.2) is 12.7 Å². The van der Waals surface area contributed by atoms with Crippen LogP contribution >= 0.6 is 15.9 Å². The van der Waals surface area contributed by atoms with Crippen LogP contribution in [0, 0.1) is 5.92 Å². The standard InChI is InChI=1S/C21H32BrN3O4S/c1-3-30(28,29)25-8-6-18(7-9-25)23-10-12-24(13-11-23)21(27)16(2)14-17-4-5-20(26)19(22)15-17/h4-5,15-16,18,26H,3,6-14H2,1-2H3/t16-/m1/s1. The first kappa shape index (κ1) is 23.5. The molecule has 0 aliphatic carbocycles. The number of halogens is 1. The van der Waals surface area contributed by atoms with Gasteiger partial charge < -0.3 is 10.0 Å². The number of aromatic hydroxyl groups is 1. The van der Waals surface area contributed by atoms with Crippen molar-refractivity contribution in [2.75, 3.05) is 45.0 Å². The minimum absolute atomic E-state index is 0.115. The average Bonchev–Trinajstić information content (AvgIpc) is 2.76. The average molecular weight is 502 g/mol. The summed E-state index contributed by atoms with van der Waals surface area (Å²) in [6, 6.07) is 5.76. The molecule has 1 atom stereocenters. The largest absolute Gasteiger partial charge is 0.507 e. The quantitative estimate of drug-likeness (QED) is 0.646. The van der Waals surface area contributed by atoms with E-state index in [2.05, 4.69) is 20.8 Å². The first-order valence-electron chi connectivity index (χ1n) is 10.7. The Hall–Kier alpha value is -1.16. The van der Waals surface area contributed by atoms with E-state index in [4.69, 9.17) is 0 Å². The SMILES string of the molecule is CCS(=O)(=O)N1CCC(N2CCN(C(=O)[C@H](C)Cc3ccc(O)c(Br)c3)CC2)CC1. The van der Waals surface area contributed by atoms with Crippen molar-refractivity contribution in [2.45, 2.75) is 39.2 Å². The number of sulfonamides is 1.